The minimum Gasteiger partial charge on any atom is -0.391 e. The Labute approximate surface area is 161 Å². The van der Waals surface area contributed by atoms with Crippen LogP contribution in [-0.4, -0.2) is 45.7 Å². The third kappa shape index (κ3) is 1.96. The van der Waals surface area contributed by atoms with E-state index in [0.29, 0.717) is 12.8 Å². The van der Waals surface area contributed by atoms with Crippen molar-refractivity contribution >= 4 is 5.78 Å². The van der Waals surface area contributed by atoms with E-state index in [1.807, 2.05) is 6.92 Å². The van der Waals surface area contributed by atoms with Gasteiger partial charge in [0.1, 0.15) is 17.3 Å². The molecule has 0 unspecified atom stereocenters. The molecule has 8 atom stereocenters. The minimum atomic E-state index is -2.09. The second kappa shape index (κ2) is 5.53. The maximum atomic E-state index is 13.1. The zero-order valence-electron chi connectivity index (χ0n) is 16.7. The molecule has 2 bridgehead atoms. The highest BCUT2D eigenvalue weighted by Crippen LogP contribution is 2.73. The number of carbonyl (C=O) groups is 1. The number of aliphatic hydroxyl groups is 3. The number of hydrogen-bond donors (Lipinski definition) is 3. The lowest BCUT2D eigenvalue weighted by molar-refractivity contribution is -0.440. The van der Waals surface area contributed by atoms with Gasteiger partial charge >= 0.3 is 0 Å². The number of Topliss-reactive ketones (excluding diaryl/α,β-unsaturated/α-hetero) is 1. The Kier molecular flexibility index (Phi) is 3.96. The van der Waals surface area contributed by atoms with Gasteiger partial charge < -0.3 is 20.1 Å². The van der Waals surface area contributed by atoms with E-state index >= 15 is 0 Å². The van der Waals surface area contributed by atoms with Gasteiger partial charge in [-0.15, -0.1) is 0 Å². The van der Waals surface area contributed by atoms with Gasteiger partial charge in [-0.2, -0.15) is 0 Å². The topological polar surface area (TPSA) is 87.0 Å². The summed E-state index contributed by atoms with van der Waals surface area (Å²) in [6, 6.07) is 0. The fourth-order valence-electron chi connectivity index (χ4n) is 7.37. The van der Waals surface area contributed by atoms with E-state index in [4.69, 9.17) is 4.74 Å². The number of ether oxygens (including phenoxy) is 1. The highest BCUT2D eigenvalue weighted by Gasteiger charge is 2.82. The monoisotopic (exact) mass is 376 g/mol. The lowest BCUT2D eigenvalue weighted by Crippen LogP contribution is -2.84. The van der Waals surface area contributed by atoms with Gasteiger partial charge in [0.25, 0.3) is 0 Å². The van der Waals surface area contributed by atoms with Crippen molar-refractivity contribution in [3.8, 4) is 0 Å². The van der Waals surface area contributed by atoms with Crippen molar-refractivity contribution in [2.24, 2.45) is 34.0 Å². The van der Waals surface area contributed by atoms with Crippen molar-refractivity contribution in [2.45, 2.75) is 65.0 Å². The summed E-state index contributed by atoms with van der Waals surface area (Å²) in [6.07, 6.45) is 4.02. The van der Waals surface area contributed by atoms with Crippen LogP contribution in [0.25, 0.3) is 0 Å². The number of allylic oxidation sites excluding steroid dienone is 1. The molecule has 2 saturated heterocycles. The smallest absolute Gasteiger partial charge is 0.208 e. The second-order valence-corrected chi connectivity index (χ2v) is 10.1. The van der Waals surface area contributed by atoms with Gasteiger partial charge in [0.05, 0.1) is 12.7 Å². The molecular formula is C22H32O5. The fraction of sp³-hybridized carbons (Fsp3) is 0.773. The molecule has 27 heavy (non-hydrogen) atoms. The highest BCUT2D eigenvalue weighted by molar-refractivity contribution is 5.86. The molecule has 3 aliphatic carbocycles. The zero-order valence-corrected chi connectivity index (χ0v) is 16.7. The Hall–Kier alpha value is -1.01. The molecule has 0 aromatic carbocycles. The predicted molar refractivity (Wildman–Crippen MR) is 101 cm³/mol. The molecule has 1 spiro atoms. The average Bonchev–Trinajstić information content (AvgIpc) is 2.56. The third-order valence-electron chi connectivity index (χ3n) is 8.37. The molecular weight excluding hydrogens is 344 g/mol. The summed E-state index contributed by atoms with van der Waals surface area (Å²) in [5.74, 6) is -3.23. The van der Waals surface area contributed by atoms with Crippen LogP contribution >= 0.6 is 0 Å². The van der Waals surface area contributed by atoms with Crippen molar-refractivity contribution < 1.29 is 24.9 Å². The Morgan fingerprint density at radius 1 is 1.19 bits per heavy atom. The first-order valence-corrected chi connectivity index (χ1v) is 10.0. The van der Waals surface area contributed by atoms with E-state index in [9.17, 15) is 20.1 Å². The van der Waals surface area contributed by atoms with Gasteiger partial charge in [-0.05, 0) is 44.4 Å². The molecule has 5 rings (SSSR count). The molecule has 3 N–H and O–H groups in total. The summed E-state index contributed by atoms with van der Waals surface area (Å²) >= 11 is 0. The van der Waals surface area contributed by atoms with Gasteiger partial charge in [-0.1, -0.05) is 38.2 Å². The molecule has 0 aromatic heterocycles. The van der Waals surface area contributed by atoms with Crippen molar-refractivity contribution in [1.82, 2.24) is 0 Å². The van der Waals surface area contributed by atoms with Crippen LogP contribution in [0.15, 0.2) is 24.3 Å². The average molecular weight is 376 g/mol. The van der Waals surface area contributed by atoms with Crippen molar-refractivity contribution in [2.75, 3.05) is 6.61 Å². The quantitative estimate of drug-likeness (QED) is 0.643. The summed E-state index contributed by atoms with van der Waals surface area (Å²) in [5, 5.41) is 34.5. The Morgan fingerprint density at radius 2 is 1.85 bits per heavy atom. The second-order valence-electron chi connectivity index (χ2n) is 10.1. The number of ketones is 1. The van der Waals surface area contributed by atoms with Crippen LogP contribution in [0.5, 0.6) is 0 Å². The minimum absolute atomic E-state index is 0.236. The first kappa shape index (κ1) is 19.3. The third-order valence-corrected chi connectivity index (χ3v) is 8.37. The zero-order chi connectivity index (χ0) is 20.0. The molecule has 4 fully saturated rings. The molecule has 2 saturated carbocycles. The van der Waals surface area contributed by atoms with Gasteiger partial charge in [-0.3, -0.25) is 4.79 Å². The van der Waals surface area contributed by atoms with E-state index in [1.165, 1.54) is 6.92 Å². The first-order chi connectivity index (χ1) is 12.5. The molecule has 150 valence electrons. The van der Waals surface area contributed by atoms with Crippen LogP contribution in [0.3, 0.4) is 0 Å². The number of rotatable bonds is 2. The van der Waals surface area contributed by atoms with E-state index in [1.54, 1.807) is 0 Å². The predicted octanol–water partition coefficient (Wildman–Crippen LogP) is 2.21. The normalized spacial score (nSPS) is 52.8. The molecule has 0 aromatic rings. The van der Waals surface area contributed by atoms with Crippen LogP contribution in [0, 0.1) is 34.0 Å². The summed E-state index contributed by atoms with van der Waals surface area (Å²) < 4.78 is 5.91. The largest absolute Gasteiger partial charge is 0.391 e. The van der Waals surface area contributed by atoms with E-state index in [-0.39, 0.29) is 35.6 Å². The van der Waals surface area contributed by atoms with E-state index in [2.05, 4.69) is 32.6 Å². The maximum Gasteiger partial charge on any atom is 0.208 e. The summed E-state index contributed by atoms with van der Waals surface area (Å²) in [5.41, 5.74) is -1.58. The molecule has 2 heterocycles. The lowest BCUT2D eigenvalue weighted by atomic mass is 9.36. The Bertz CT molecular complexity index is 726. The van der Waals surface area contributed by atoms with Crippen molar-refractivity contribution in [3.63, 3.8) is 0 Å². The van der Waals surface area contributed by atoms with Crippen LogP contribution in [0.2, 0.25) is 0 Å². The molecule has 5 nitrogen and oxygen atoms in total. The summed E-state index contributed by atoms with van der Waals surface area (Å²) in [4.78, 5) is 13.1. The number of hydrogen-bond acceptors (Lipinski definition) is 5. The summed E-state index contributed by atoms with van der Waals surface area (Å²) in [6.45, 7) is 11.7. The number of carbonyl (C=O) groups excluding carboxylic acids is 1. The van der Waals surface area contributed by atoms with Crippen LogP contribution < -0.4 is 0 Å². The Morgan fingerprint density at radius 3 is 2.44 bits per heavy atom. The van der Waals surface area contributed by atoms with Crippen LogP contribution in [-0.2, 0) is 9.53 Å². The Balaban J connectivity index is 1.99. The van der Waals surface area contributed by atoms with Crippen LogP contribution in [0.1, 0.15) is 47.0 Å². The summed E-state index contributed by atoms with van der Waals surface area (Å²) in [7, 11) is 0. The number of aliphatic hydroxyl groups excluding tert-OH is 2. The molecule has 5 aliphatic rings. The van der Waals surface area contributed by atoms with Gasteiger partial charge in [0, 0.05) is 17.3 Å². The van der Waals surface area contributed by atoms with E-state index in [0.717, 1.165) is 12.0 Å². The molecule has 0 amide bonds. The molecule has 2 aliphatic heterocycles. The SMILES string of the molecule is C=C(C)[C@@H]1CC[C@H]2[C@]34C=CCC(C)(C)[C@H]3[C@H](O)[C@](O)(OC4)[C@@]2(C(C)=O)[C@@H]1O. The highest BCUT2D eigenvalue weighted by atomic mass is 16.6. The van der Waals surface area contributed by atoms with Gasteiger partial charge in [-0.25, -0.2) is 0 Å². The lowest BCUT2D eigenvalue weighted by Gasteiger charge is -2.74. The number of fused-ring (bicyclic) bond motifs is 1. The van der Waals surface area contributed by atoms with Crippen molar-refractivity contribution in [3.05, 3.63) is 24.3 Å². The fourth-order valence-corrected chi connectivity index (χ4v) is 7.37. The van der Waals surface area contributed by atoms with Gasteiger partial charge in [0.2, 0.25) is 5.79 Å². The molecule has 0 radical (unpaired) electrons. The van der Waals surface area contributed by atoms with Gasteiger partial charge in [0.15, 0.2) is 0 Å². The maximum absolute atomic E-state index is 13.1. The molecule has 5 heteroatoms. The van der Waals surface area contributed by atoms with Crippen molar-refractivity contribution in [1.29, 1.82) is 0 Å². The standard InChI is InChI=1S/C22H32O5/c1-12(2)14-7-8-15-20-10-6-9-19(4,5)16(20)18(25)22(26,27-11-20)21(15,13(3)23)17(14)24/h6,10,14-18,24-26H,1,7-9,11H2,2-5H3/t14-,15-,16+,17+,18-,20+,21+,22-/m0/s1. The first-order valence-electron chi connectivity index (χ1n) is 10.0. The van der Waals surface area contributed by atoms with E-state index < -0.39 is 28.8 Å². The van der Waals surface area contributed by atoms with Crippen LogP contribution in [0.4, 0.5) is 0 Å².